The van der Waals surface area contributed by atoms with Gasteiger partial charge in [0.2, 0.25) is 5.91 Å². The molecule has 19 heavy (non-hydrogen) atoms. The lowest BCUT2D eigenvalue weighted by molar-refractivity contribution is -0.125. The first-order chi connectivity index (χ1) is 9.21. The Morgan fingerprint density at radius 3 is 2.42 bits per heavy atom. The summed E-state index contributed by atoms with van der Waals surface area (Å²) < 4.78 is 0. The molecule has 1 amide bonds. The Kier molecular flexibility index (Phi) is 7.16. The van der Waals surface area contributed by atoms with Gasteiger partial charge in [-0.05, 0) is 50.2 Å². The Morgan fingerprint density at radius 1 is 1.21 bits per heavy atom. The van der Waals surface area contributed by atoms with Gasteiger partial charge < -0.3 is 5.32 Å². The number of rotatable bonds is 6. The van der Waals surface area contributed by atoms with Gasteiger partial charge in [0, 0.05) is 11.6 Å². The summed E-state index contributed by atoms with van der Waals surface area (Å²) in [5.41, 5.74) is 0.734. The summed E-state index contributed by atoms with van der Waals surface area (Å²) >= 11 is 0. The first-order valence-corrected chi connectivity index (χ1v) is 7.34. The highest BCUT2D eigenvalue weighted by atomic mass is 16.1. The number of carbonyl (C=O) groups excluding carboxylic acids is 2. The summed E-state index contributed by atoms with van der Waals surface area (Å²) in [5, 5.41) is 2.93. The zero-order valence-electron chi connectivity index (χ0n) is 12.0. The third kappa shape index (κ3) is 5.41. The van der Waals surface area contributed by atoms with Crippen LogP contribution in [0.1, 0.15) is 52.4 Å². The molecular weight excluding hydrogens is 238 g/mol. The van der Waals surface area contributed by atoms with Crippen molar-refractivity contribution in [3.05, 3.63) is 23.9 Å². The number of hydrogen-bond donors (Lipinski definition) is 1. The quantitative estimate of drug-likeness (QED) is 0.454. The molecule has 0 heterocycles. The number of nitrogens with one attached hydrogen (secondary N) is 1. The average molecular weight is 263 g/mol. The van der Waals surface area contributed by atoms with Crippen LogP contribution in [-0.2, 0) is 9.59 Å². The van der Waals surface area contributed by atoms with Gasteiger partial charge in [0.25, 0.3) is 0 Å². The van der Waals surface area contributed by atoms with Gasteiger partial charge >= 0.3 is 0 Å². The van der Waals surface area contributed by atoms with Crippen LogP contribution in [0, 0.1) is 11.8 Å². The van der Waals surface area contributed by atoms with E-state index in [4.69, 9.17) is 0 Å². The second-order valence-electron chi connectivity index (χ2n) is 5.18. The summed E-state index contributed by atoms with van der Waals surface area (Å²) in [6.07, 6.45) is 12.1. The van der Waals surface area contributed by atoms with Crippen molar-refractivity contribution in [2.75, 3.05) is 0 Å². The Bertz CT molecular complexity index is 350. The number of allylic oxidation sites excluding steroid dienone is 3. The highest BCUT2D eigenvalue weighted by Crippen LogP contribution is 2.30. The van der Waals surface area contributed by atoms with Gasteiger partial charge in [0.1, 0.15) is 6.29 Å². The van der Waals surface area contributed by atoms with E-state index < -0.39 is 0 Å². The summed E-state index contributed by atoms with van der Waals surface area (Å²) in [7, 11) is 0. The molecule has 0 aromatic heterocycles. The molecule has 3 nitrogen and oxygen atoms in total. The lowest BCUT2D eigenvalue weighted by atomic mass is 9.80. The summed E-state index contributed by atoms with van der Waals surface area (Å²) in [6.45, 7) is 4.23. The second kappa shape index (κ2) is 8.68. The fourth-order valence-corrected chi connectivity index (χ4v) is 2.60. The molecule has 0 bridgehead atoms. The number of carbonyl (C=O) groups is 2. The molecule has 106 valence electrons. The van der Waals surface area contributed by atoms with Gasteiger partial charge in [-0.3, -0.25) is 9.59 Å². The topological polar surface area (TPSA) is 46.2 Å². The summed E-state index contributed by atoms with van der Waals surface area (Å²) in [6, 6.07) is 0. The molecular formula is C16H25NO2. The van der Waals surface area contributed by atoms with Crippen LogP contribution in [0.25, 0.3) is 0 Å². The molecule has 0 spiro atoms. The monoisotopic (exact) mass is 263 g/mol. The van der Waals surface area contributed by atoms with Gasteiger partial charge in [-0.2, -0.15) is 0 Å². The SMILES string of the molecule is CC/C=C(\C=C/C=O)NC(=O)C1CCC(CC)CC1. The van der Waals surface area contributed by atoms with Gasteiger partial charge in [0.15, 0.2) is 0 Å². The van der Waals surface area contributed by atoms with Crippen LogP contribution in [0.4, 0.5) is 0 Å². The molecule has 0 radical (unpaired) electrons. The van der Waals surface area contributed by atoms with Crippen LogP contribution >= 0.6 is 0 Å². The molecule has 0 unspecified atom stereocenters. The maximum Gasteiger partial charge on any atom is 0.227 e. The predicted octanol–water partition coefficient (Wildman–Crippen LogP) is 3.37. The lowest BCUT2D eigenvalue weighted by Gasteiger charge is -2.27. The molecule has 1 rings (SSSR count). The Labute approximate surface area is 116 Å². The van der Waals surface area contributed by atoms with E-state index in [0.29, 0.717) is 0 Å². The van der Waals surface area contributed by atoms with E-state index in [1.54, 1.807) is 6.08 Å². The van der Waals surface area contributed by atoms with Crippen molar-refractivity contribution in [3.8, 4) is 0 Å². The summed E-state index contributed by atoms with van der Waals surface area (Å²) in [5.74, 6) is 1.03. The third-order valence-corrected chi connectivity index (χ3v) is 3.84. The molecule has 1 aliphatic rings. The van der Waals surface area contributed by atoms with Crippen LogP contribution in [0.3, 0.4) is 0 Å². The fourth-order valence-electron chi connectivity index (χ4n) is 2.60. The maximum atomic E-state index is 12.2. The van der Waals surface area contributed by atoms with Crippen LogP contribution in [0.2, 0.25) is 0 Å². The van der Waals surface area contributed by atoms with E-state index in [-0.39, 0.29) is 11.8 Å². The second-order valence-corrected chi connectivity index (χ2v) is 5.18. The third-order valence-electron chi connectivity index (χ3n) is 3.84. The van der Waals surface area contributed by atoms with E-state index >= 15 is 0 Å². The Hall–Kier alpha value is -1.38. The largest absolute Gasteiger partial charge is 0.326 e. The Morgan fingerprint density at radius 2 is 1.89 bits per heavy atom. The Balaban J connectivity index is 2.51. The minimum atomic E-state index is 0.102. The van der Waals surface area contributed by atoms with E-state index in [0.717, 1.165) is 50.0 Å². The summed E-state index contributed by atoms with van der Waals surface area (Å²) in [4.78, 5) is 22.5. The van der Waals surface area contributed by atoms with Crippen molar-refractivity contribution in [1.29, 1.82) is 0 Å². The number of aldehydes is 1. The molecule has 3 heteroatoms. The van der Waals surface area contributed by atoms with Gasteiger partial charge in [-0.1, -0.05) is 26.3 Å². The van der Waals surface area contributed by atoms with Crippen molar-refractivity contribution >= 4 is 12.2 Å². The van der Waals surface area contributed by atoms with Crippen LogP contribution in [0.15, 0.2) is 23.9 Å². The molecule has 1 fully saturated rings. The van der Waals surface area contributed by atoms with Crippen LogP contribution in [-0.4, -0.2) is 12.2 Å². The highest BCUT2D eigenvalue weighted by molar-refractivity contribution is 5.81. The van der Waals surface area contributed by atoms with Gasteiger partial charge in [-0.15, -0.1) is 0 Å². The number of amides is 1. The standard InChI is InChI=1S/C16H25NO2/c1-3-6-15(7-5-12-18)17-16(19)14-10-8-13(4-2)9-11-14/h5-7,12-14H,3-4,8-11H2,1-2H3,(H,17,19)/b7-5-,15-6+. The van der Waals surface area contributed by atoms with E-state index in [2.05, 4.69) is 12.2 Å². The van der Waals surface area contributed by atoms with E-state index in [9.17, 15) is 9.59 Å². The number of hydrogen-bond acceptors (Lipinski definition) is 2. The maximum absolute atomic E-state index is 12.2. The van der Waals surface area contributed by atoms with Crippen LogP contribution < -0.4 is 5.32 Å². The van der Waals surface area contributed by atoms with Crippen molar-refractivity contribution in [1.82, 2.24) is 5.32 Å². The smallest absolute Gasteiger partial charge is 0.227 e. The molecule has 0 saturated heterocycles. The predicted molar refractivity (Wildman–Crippen MR) is 77.5 cm³/mol. The molecule has 1 saturated carbocycles. The first kappa shape index (κ1) is 15.7. The fraction of sp³-hybridized carbons (Fsp3) is 0.625. The van der Waals surface area contributed by atoms with E-state index in [1.807, 2.05) is 13.0 Å². The van der Waals surface area contributed by atoms with Crippen molar-refractivity contribution in [2.24, 2.45) is 11.8 Å². The minimum Gasteiger partial charge on any atom is -0.326 e. The van der Waals surface area contributed by atoms with Crippen molar-refractivity contribution in [3.63, 3.8) is 0 Å². The first-order valence-electron chi connectivity index (χ1n) is 7.34. The zero-order valence-corrected chi connectivity index (χ0v) is 12.0. The van der Waals surface area contributed by atoms with Crippen molar-refractivity contribution in [2.45, 2.75) is 52.4 Å². The normalized spacial score (nSPS) is 24.4. The molecule has 0 atom stereocenters. The minimum absolute atomic E-state index is 0.102. The molecule has 0 aromatic carbocycles. The van der Waals surface area contributed by atoms with E-state index in [1.165, 1.54) is 12.5 Å². The lowest BCUT2D eigenvalue weighted by Crippen LogP contribution is -2.32. The van der Waals surface area contributed by atoms with Crippen molar-refractivity contribution < 1.29 is 9.59 Å². The molecule has 1 aliphatic carbocycles. The van der Waals surface area contributed by atoms with Gasteiger partial charge in [0.05, 0.1) is 0 Å². The van der Waals surface area contributed by atoms with Gasteiger partial charge in [-0.25, -0.2) is 0 Å². The average Bonchev–Trinajstić information content (AvgIpc) is 2.45. The zero-order chi connectivity index (χ0) is 14.1. The molecule has 1 N–H and O–H groups in total. The van der Waals surface area contributed by atoms with Crippen LogP contribution in [0.5, 0.6) is 0 Å². The molecule has 0 aromatic rings. The molecule has 0 aliphatic heterocycles. The highest BCUT2D eigenvalue weighted by Gasteiger charge is 2.25.